The molecule has 5 heteroatoms. The van der Waals surface area contributed by atoms with Crippen molar-refractivity contribution in [1.29, 1.82) is 0 Å². The molecule has 1 N–H and O–H groups in total. The van der Waals surface area contributed by atoms with Gasteiger partial charge >= 0.3 is 0 Å². The first-order chi connectivity index (χ1) is 10.7. The van der Waals surface area contributed by atoms with Gasteiger partial charge in [-0.25, -0.2) is 0 Å². The van der Waals surface area contributed by atoms with Crippen LogP contribution < -0.4 is 10.1 Å². The third-order valence-corrected chi connectivity index (χ3v) is 4.85. The summed E-state index contributed by atoms with van der Waals surface area (Å²) in [7, 11) is -1.05. The van der Waals surface area contributed by atoms with Crippen molar-refractivity contribution in [2.75, 3.05) is 17.7 Å². The number of benzene rings is 2. The largest absolute Gasteiger partial charge is 0.493 e. The standard InChI is InChI=1S/C17H17NO3S/c19-17-9-6-13-12-14(7-8-16(13)18-17)21-10-11-22(20)15-4-2-1-3-5-15/h1-5,7-8,12H,6,9-11H2,(H,18,19). The van der Waals surface area contributed by atoms with Gasteiger partial charge in [-0.3, -0.25) is 9.00 Å². The van der Waals surface area contributed by atoms with Gasteiger partial charge in [0.2, 0.25) is 5.91 Å². The summed E-state index contributed by atoms with van der Waals surface area (Å²) in [4.78, 5) is 12.1. The molecule has 1 atom stereocenters. The lowest BCUT2D eigenvalue weighted by molar-refractivity contribution is -0.116. The van der Waals surface area contributed by atoms with Crippen molar-refractivity contribution in [3.05, 3.63) is 54.1 Å². The predicted molar refractivity (Wildman–Crippen MR) is 86.6 cm³/mol. The number of hydrogen-bond donors (Lipinski definition) is 1. The molecule has 4 nitrogen and oxygen atoms in total. The zero-order valence-corrected chi connectivity index (χ0v) is 12.9. The van der Waals surface area contributed by atoms with Crippen molar-refractivity contribution in [2.24, 2.45) is 0 Å². The Morgan fingerprint density at radius 1 is 1.09 bits per heavy atom. The van der Waals surface area contributed by atoms with E-state index in [1.165, 1.54) is 0 Å². The number of nitrogens with one attached hydrogen (secondary N) is 1. The fraction of sp³-hybridized carbons (Fsp3) is 0.235. The molecule has 0 radical (unpaired) electrons. The van der Waals surface area contributed by atoms with Gasteiger partial charge < -0.3 is 10.1 Å². The van der Waals surface area contributed by atoms with Gasteiger partial charge in [-0.1, -0.05) is 18.2 Å². The predicted octanol–water partition coefficient (Wildman–Crippen LogP) is 2.76. The lowest BCUT2D eigenvalue weighted by Gasteiger charge is -2.17. The molecular formula is C17H17NO3S. The van der Waals surface area contributed by atoms with Crippen molar-refractivity contribution in [1.82, 2.24) is 0 Å². The molecule has 0 fully saturated rings. The van der Waals surface area contributed by atoms with Crippen LogP contribution in [0, 0.1) is 0 Å². The van der Waals surface area contributed by atoms with Gasteiger partial charge in [-0.2, -0.15) is 0 Å². The van der Waals surface area contributed by atoms with Crippen LogP contribution in [0.2, 0.25) is 0 Å². The van der Waals surface area contributed by atoms with E-state index < -0.39 is 10.8 Å². The van der Waals surface area contributed by atoms with Gasteiger partial charge in [0, 0.05) is 17.0 Å². The van der Waals surface area contributed by atoms with Gasteiger partial charge in [0.1, 0.15) is 12.4 Å². The molecule has 0 aromatic heterocycles. The number of fused-ring (bicyclic) bond motifs is 1. The Morgan fingerprint density at radius 2 is 1.91 bits per heavy atom. The topological polar surface area (TPSA) is 55.4 Å². The lowest BCUT2D eigenvalue weighted by atomic mass is 10.0. The van der Waals surface area contributed by atoms with E-state index in [1.54, 1.807) is 0 Å². The van der Waals surface area contributed by atoms with E-state index in [9.17, 15) is 9.00 Å². The number of aryl methyl sites for hydroxylation is 1. The third-order valence-electron chi connectivity index (χ3n) is 3.52. The summed E-state index contributed by atoms with van der Waals surface area (Å²) >= 11 is 0. The fourth-order valence-corrected chi connectivity index (χ4v) is 3.31. The normalized spacial score (nSPS) is 14.8. The van der Waals surface area contributed by atoms with Gasteiger partial charge in [0.25, 0.3) is 0 Å². The van der Waals surface area contributed by atoms with E-state index in [-0.39, 0.29) is 5.91 Å². The van der Waals surface area contributed by atoms with Gasteiger partial charge in [-0.05, 0) is 42.3 Å². The summed E-state index contributed by atoms with van der Waals surface area (Å²) in [6.07, 6.45) is 1.24. The molecule has 3 rings (SSSR count). The van der Waals surface area contributed by atoms with Crippen LogP contribution in [0.15, 0.2) is 53.4 Å². The molecule has 0 bridgehead atoms. The smallest absolute Gasteiger partial charge is 0.224 e. The highest BCUT2D eigenvalue weighted by Crippen LogP contribution is 2.26. The highest BCUT2D eigenvalue weighted by molar-refractivity contribution is 7.85. The van der Waals surface area contributed by atoms with E-state index >= 15 is 0 Å². The Kier molecular flexibility index (Phi) is 4.53. The Morgan fingerprint density at radius 3 is 2.73 bits per heavy atom. The van der Waals surface area contributed by atoms with E-state index in [2.05, 4.69) is 5.32 Å². The number of hydrogen-bond acceptors (Lipinski definition) is 3. The minimum atomic E-state index is -1.05. The molecule has 1 amide bonds. The van der Waals surface area contributed by atoms with Gasteiger partial charge in [0.15, 0.2) is 0 Å². The maximum atomic E-state index is 12.1. The summed E-state index contributed by atoms with van der Waals surface area (Å²) in [5, 5.41) is 2.84. The summed E-state index contributed by atoms with van der Waals surface area (Å²) in [6, 6.07) is 15.0. The molecule has 0 saturated heterocycles. The maximum absolute atomic E-state index is 12.1. The maximum Gasteiger partial charge on any atom is 0.224 e. The monoisotopic (exact) mass is 315 g/mol. The van der Waals surface area contributed by atoms with Crippen LogP contribution >= 0.6 is 0 Å². The second-order valence-electron chi connectivity index (χ2n) is 5.08. The van der Waals surface area contributed by atoms with Crippen LogP contribution in [-0.4, -0.2) is 22.5 Å². The first-order valence-corrected chi connectivity index (χ1v) is 8.53. The zero-order chi connectivity index (χ0) is 15.4. The number of amides is 1. The van der Waals surface area contributed by atoms with E-state index in [0.29, 0.717) is 18.8 Å². The molecule has 0 aliphatic carbocycles. The summed E-state index contributed by atoms with van der Waals surface area (Å²) < 4.78 is 17.8. The van der Waals surface area contributed by atoms with Gasteiger partial charge in [-0.15, -0.1) is 0 Å². The first-order valence-electron chi connectivity index (χ1n) is 7.21. The molecule has 1 unspecified atom stereocenters. The van der Waals surface area contributed by atoms with Crippen LogP contribution in [0.1, 0.15) is 12.0 Å². The minimum Gasteiger partial charge on any atom is -0.493 e. The second kappa shape index (κ2) is 6.75. The molecule has 0 saturated carbocycles. The highest BCUT2D eigenvalue weighted by atomic mass is 32.2. The number of rotatable bonds is 5. The van der Waals surface area contributed by atoms with Crippen molar-refractivity contribution in [3.8, 4) is 5.75 Å². The summed E-state index contributed by atoms with van der Waals surface area (Å²) in [6.45, 7) is 0.395. The van der Waals surface area contributed by atoms with Crippen molar-refractivity contribution in [3.63, 3.8) is 0 Å². The van der Waals surface area contributed by atoms with Crippen molar-refractivity contribution >= 4 is 22.4 Å². The molecule has 1 aliphatic rings. The third kappa shape index (κ3) is 3.54. The number of anilines is 1. The minimum absolute atomic E-state index is 0.0550. The van der Waals surface area contributed by atoms with Crippen LogP contribution in [-0.2, 0) is 22.0 Å². The fourth-order valence-electron chi connectivity index (χ4n) is 2.37. The average molecular weight is 315 g/mol. The molecule has 2 aromatic carbocycles. The molecular weight excluding hydrogens is 298 g/mol. The van der Waals surface area contributed by atoms with Crippen molar-refractivity contribution in [2.45, 2.75) is 17.7 Å². The quantitative estimate of drug-likeness (QED) is 0.923. The second-order valence-corrected chi connectivity index (χ2v) is 6.65. The molecule has 1 aliphatic heterocycles. The molecule has 2 aromatic rings. The Labute approximate surface area is 132 Å². The van der Waals surface area contributed by atoms with Gasteiger partial charge in [0.05, 0.1) is 16.6 Å². The Balaban J connectivity index is 1.56. The van der Waals surface area contributed by atoms with Crippen LogP contribution in [0.25, 0.3) is 0 Å². The van der Waals surface area contributed by atoms with Crippen LogP contribution in [0.3, 0.4) is 0 Å². The SMILES string of the molecule is O=C1CCc2cc(OCCS(=O)c3ccccc3)ccc2N1. The Bertz CT molecular complexity index is 700. The van der Waals surface area contributed by atoms with Crippen molar-refractivity contribution < 1.29 is 13.7 Å². The van der Waals surface area contributed by atoms with E-state index in [0.717, 1.165) is 28.3 Å². The highest BCUT2D eigenvalue weighted by Gasteiger charge is 2.15. The van der Waals surface area contributed by atoms with E-state index in [4.69, 9.17) is 4.74 Å². The molecule has 22 heavy (non-hydrogen) atoms. The summed E-state index contributed by atoms with van der Waals surface area (Å²) in [5.74, 6) is 1.26. The first kappa shape index (κ1) is 14.8. The number of carbonyl (C=O) groups is 1. The summed E-state index contributed by atoms with van der Waals surface area (Å²) in [5.41, 5.74) is 1.94. The molecule has 114 valence electrons. The lowest BCUT2D eigenvalue weighted by Crippen LogP contribution is -2.19. The molecule has 1 heterocycles. The van der Waals surface area contributed by atoms with E-state index in [1.807, 2.05) is 48.5 Å². The zero-order valence-electron chi connectivity index (χ0n) is 12.1. The number of ether oxygens (including phenoxy) is 1. The van der Waals surface area contributed by atoms with Crippen LogP contribution in [0.5, 0.6) is 5.75 Å². The molecule has 0 spiro atoms. The average Bonchev–Trinajstić information content (AvgIpc) is 2.55. The number of carbonyl (C=O) groups excluding carboxylic acids is 1. The van der Waals surface area contributed by atoms with Crippen LogP contribution in [0.4, 0.5) is 5.69 Å². The Hall–Kier alpha value is -2.14.